The highest BCUT2D eigenvalue weighted by molar-refractivity contribution is 5.95. The van der Waals surface area contributed by atoms with Gasteiger partial charge in [0, 0.05) is 36.6 Å². The molecule has 0 bridgehead atoms. The molecule has 2 aromatic rings. The Morgan fingerprint density at radius 1 is 0.919 bits per heavy atom. The first-order valence-electron chi connectivity index (χ1n) is 11.6. The van der Waals surface area contributed by atoms with Crippen LogP contribution in [0.25, 0.3) is 0 Å². The normalized spacial score (nSPS) is 15.0. The highest BCUT2D eigenvalue weighted by Crippen LogP contribution is 2.11. The van der Waals surface area contributed by atoms with E-state index in [1.165, 1.54) is 25.0 Å². The Bertz CT molecular complexity index is 1060. The van der Waals surface area contributed by atoms with Crippen LogP contribution in [0, 0.1) is 5.92 Å². The van der Waals surface area contributed by atoms with Gasteiger partial charge in [-0.2, -0.15) is 0 Å². The molecule has 0 radical (unpaired) electrons. The molecule has 5 atom stereocenters. The number of carboxylic acid groups (broad SMARTS) is 1. The van der Waals surface area contributed by atoms with E-state index in [1.807, 2.05) is 6.92 Å². The molecule has 0 aliphatic rings. The molecule has 5 unspecified atom stereocenters. The molecule has 0 fully saturated rings. The van der Waals surface area contributed by atoms with Crippen molar-refractivity contribution in [1.29, 1.82) is 0 Å². The maximum absolute atomic E-state index is 13.3. The van der Waals surface area contributed by atoms with Gasteiger partial charge in [0.15, 0.2) is 0 Å². The number of hydrogen-bond donors (Lipinski definition) is 8. The van der Waals surface area contributed by atoms with Gasteiger partial charge in [-0.1, -0.05) is 20.3 Å². The Labute approximate surface area is 212 Å². The predicted octanol–water partition coefficient (Wildman–Crippen LogP) is -2.29. The Hall–Kier alpha value is -4.27. The monoisotopic (exact) mass is 519 g/mol. The largest absolute Gasteiger partial charge is 0.480 e. The van der Waals surface area contributed by atoms with E-state index in [2.05, 4.69) is 35.9 Å². The number of amides is 4. The van der Waals surface area contributed by atoms with Crippen molar-refractivity contribution in [3.63, 3.8) is 0 Å². The summed E-state index contributed by atoms with van der Waals surface area (Å²) in [5.74, 6) is -4.62. The number of carboxylic acids is 1. The highest BCUT2D eigenvalue weighted by atomic mass is 16.4. The van der Waals surface area contributed by atoms with Crippen molar-refractivity contribution in [2.45, 2.75) is 63.7 Å². The first kappa shape index (κ1) is 29.0. The second-order valence-corrected chi connectivity index (χ2v) is 8.67. The molecule has 0 saturated carbocycles. The van der Waals surface area contributed by atoms with Gasteiger partial charge in [0.05, 0.1) is 25.1 Å². The van der Waals surface area contributed by atoms with Crippen LogP contribution < -0.4 is 27.4 Å². The molecular formula is C22H33N9O6. The zero-order valence-electron chi connectivity index (χ0n) is 20.6. The Morgan fingerprint density at radius 2 is 1.46 bits per heavy atom. The highest BCUT2D eigenvalue weighted by Gasteiger charge is 2.33. The number of nitrogens with zero attached hydrogens (tertiary/aromatic N) is 2. The lowest BCUT2D eigenvalue weighted by Gasteiger charge is -2.28. The molecule has 37 heavy (non-hydrogen) atoms. The van der Waals surface area contributed by atoms with Crippen LogP contribution >= 0.6 is 0 Å². The molecule has 2 rings (SSSR count). The van der Waals surface area contributed by atoms with Crippen LogP contribution in [0.5, 0.6) is 0 Å². The van der Waals surface area contributed by atoms with Gasteiger partial charge in [-0.25, -0.2) is 14.8 Å². The number of carbonyl (C=O) groups is 5. The lowest BCUT2D eigenvalue weighted by atomic mass is 9.97. The zero-order chi connectivity index (χ0) is 27.5. The molecule has 0 aliphatic heterocycles. The number of hydrogen-bond acceptors (Lipinski definition) is 8. The molecule has 0 saturated heterocycles. The maximum Gasteiger partial charge on any atom is 0.326 e. The fourth-order valence-corrected chi connectivity index (χ4v) is 3.45. The van der Waals surface area contributed by atoms with Crippen molar-refractivity contribution in [3.05, 3.63) is 36.4 Å². The van der Waals surface area contributed by atoms with Gasteiger partial charge in [-0.3, -0.25) is 19.2 Å². The molecule has 4 amide bonds. The second-order valence-electron chi connectivity index (χ2n) is 8.67. The molecule has 15 heteroatoms. The number of H-pyrrole nitrogens is 2. The van der Waals surface area contributed by atoms with E-state index >= 15 is 0 Å². The molecule has 202 valence electrons. The minimum atomic E-state index is -1.28. The molecular weight excluding hydrogens is 486 g/mol. The fourth-order valence-electron chi connectivity index (χ4n) is 3.45. The van der Waals surface area contributed by atoms with E-state index < -0.39 is 60.2 Å². The first-order chi connectivity index (χ1) is 17.5. The molecule has 0 aliphatic carbocycles. The first-order valence-corrected chi connectivity index (χ1v) is 11.6. The summed E-state index contributed by atoms with van der Waals surface area (Å²) in [4.78, 5) is 75.1. The van der Waals surface area contributed by atoms with Crippen LogP contribution in [-0.2, 0) is 36.8 Å². The van der Waals surface area contributed by atoms with Gasteiger partial charge >= 0.3 is 5.97 Å². The van der Waals surface area contributed by atoms with E-state index in [1.54, 1.807) is 6.92 Å². The number of primary amides is 1. The summed E-state index contributed by atoms with van der Waals surface area (Å²) in [6.07, 6.45) is 5.69. The van der Waals surface area contributed by atoms with Crippen LogP contribution in [0.2, 0.25) is 0 Å². The van der Waals surface area contributed by atoms with Gasteiger partial charge in [-0.05, 0) is 5.92 Å². The molecule has 2 aromatic heterocycles. The average Bonchev–Trinajstić information content (AvgIpc) is 3.54. The summed E-state index contributed by atoms with van der Waals surface area (Å²) >= 11 is 0. The summed E-state index contributed by atoms with van der Waals surface area (Å²) in [5, 5.41) is 17.2. The Kier molecular flexibility index (Phi) is 10.7. The molecule has 0 aromatic carbocycles. The van der Waals surface area contributed by atoms with E-state index in [4.69, 9.17) is 11.5 Å². The minimum absolute atomic E-state index is 0.0206. The summed E-state index contributed by atoms with van der Waals surface area (Å²) in [6, 6.07) is -4.85. The predicted molar refractivity (Wildman–Crippen MR) is 129 cm³/mol. The lowest BCUT2D eigenvalue weighted by molar-refractivity contribution is -0.142. The van der Waals surface area contributed by atoms with Crippen molar-refractivity contribution in [1.82, 2.24) is 35.9 Å². The fraction of sp³-hybridized carbons (Fsp3) is 0.500. The average molecular weight is 520 g/mol. The number of aromatic amines is 2. The summed E-state index contributed by atoms with van der Waals surface area (Å²) < 4.78 is 0. The third-order valence-electron chi connectivity index (χ3n) is 5.76. The third-order valence-corrected chi connectivity index (χ3v) is 5.76. The third kappa shape index (κ3) is 9.03. The van der Waals surface area contributed by atoms with Crippen molar-refractivity contribution in [3.8, 4) is 0 Å². The maximum atomic E-state index is 13.3. The van der Waals surface area contributed by atoms with Crippen LogP contribution in [0.1, 0.15) is 38.1 Å². The van der Waals surface area contributed by atoms with Crippen molar-refractivity contribution < 1.29 is 29.1 Å². The Balaban J connectivity index is 2.19. The Morgan fingerprint density at radius 3 is 1.92 bits per heavy atom. The molecule has 10 N–H and O–H groups in total. The van der Waals surface area contributed by atoms with E-state index in [-0.39, 0.29) is 18.8 Å². The number of aliphatic carboxylic acids is 1. The minimum Gasteiger partial charge on any atom is -0.480 e. The van der Waals surface area contributed by atoms with E-state index in [9.17, 15) is 29.1 Å². The van der Waals surface area contributed by atoms with Crippen molar-refractivity contribution >= 4 is 29.6 Å². The molecule has 15 nitrogen and oxygen atoms in total. The number of imidazole rings is 2. The number of nitrogens with one attached hydrogen (secondary N) is 5. The standard InChI is InChI=1S/C22H33N9O6/c1-3-11(2)18(21(35)30-16(22(36)37)5-13-8-26-10-28-13)31-20(34)15(4-12-7-25-9-27-12)29-19(33)14(23)6-17(24)32/h7-11,14-16,18H,3-6,23H2,1-2H3,(H2,24,32)(H,25,27)(H,26,28)(H,29,33)(H,30,35)(H,31,34)(H,36,37). The van der Waals surface area contributed by atoms with Crippen LogP contribution in [0.4, 0.5) is 0 Å². The molecule has 2 heterocycles. The van der Waals surface area contributed by atoms with Gasteiger partial charge in [0.2, 0.25) is 23.6 Å². The van der Waals surface area contributed by atoms with Crippen LogP contribution in [0.15, 0.2) is 25.0 Å². The van der Waals surface area contributed by atoms with Gasteiger partial charge in [-0.15, -0.1) is 0 Å². The number of aromatic nitrogens is 4. The van der Waals surface area contributed by atoms with Crippen LogP contribution in [-0.4, -0.2) is 78.8 Å². The van der Waals surface area contributed by atoms with Crippen molar-refractivity contribution in [2.24, 2.45) is 17.4 Å². The SMILES string of the molecule is CCC(C)C(NC(=O)C(Cc1cnc[nH]1)NC(=O)C(N)CC(N)=O)C(=O)NC(Cc1cnc[nH]1)C(=O)O. The van der Waals surface area contributed by atoms with Crippen molar-refractivity contribution in [2.75, 3.05) is 0 Å². The number of rotatable bonds is 15. The van der Waals surface area contributed by atoms with E-state index in [0.717, 1.165) is 0 Å². The second kappa shape index (κ2) is 13.7. The summed E-state index contributed by atoms with van der Waals surface area (Å²) in [7, 11) is 0. The van der Waals surface area contributed by atoms with Crippen LogP contribution in [0.3, 0.4) is 0 Å². The molecule has 0 spiro atoms. The lowest BCUT2D eigenvalue weighted by Crippen LogP contribution is -2.59. The number of carbonyl (C=O) groups excluding carboxylic acids is 4. The smallest absolute Gasteiger partial charge is 0.326 e. The number of nitrogens with two attached hydrogens (primary N) is 2. The van der Waals surface area contributed by atoms with Gasteiger partial charge < -0.3 is 42.5 Å². The topological polar surface area (TPSA) is 251 Å². The summed E-state index contributed by atoms with van der Waals surface area (Å²) in [5.41, 5.74) is 11.8. The van der Waals surface area contributed by atoms with Gasteiger partial charge in [0.1, 0.15) is 18.1 Å². The van der Waals surface area contributed by atoms with E-state index in [0.29, 0.717) is 17.8 Å². The quantitative estimate of drug-likeness (QED) is 0.126. The summed E-state index contributed by atoms with van der Waals surface area (Å²) in [6.45, 7) is 3.53. The zero-order valence-corrected chi connectivity index (χ0v) is 20.6. The van der Waals surface area contributed by atoms with Gasteiger partial charge in [0.25, 0.3) is 0 Å².